The van der Waals surface area contributed by atoms with Crippen molar-refractivity contribution < 1.29 is 4.79 Å². The van der Waals surface area contributed by atoms with Gasteiger partial charge in [0.15, 0.2) is 0 Å². The number of carbonyl (C=O) groups is 1. The molecule has 1 fully saturated rings. The van der Waals surface area contributed by atoms with E-state index in [1.807, 2.05) is 6.92 Å². The van der Waals surface area contributed by atoms with Crippen molar-refractivity contribution in [3.63, 3.8) is 0 Å². The Hall–Kier alpha value is -0.570. The van der Waals surface area contributed by atoms with Crippen molar-refractivity contribution in [1.82, 2.24) is 10.6 Å². The molecule has 3 atom stereocenters. The molecule has 0 radical (unpaired) electrons. The normalized spacial score (nSPS) is 27.8. The van der Waals surface area contributed by atoms with Gasteiger partial charge in [0.25, 0.3) is 0 Å². The molecule has 3 unspecified atom stereocenters. The lowest BCUT2D eigenvalue weighted by Crippen LogP contribution is -2.52. The van der Waals surface area contributed by atoms with Crippen LogP contribution in [0.4, 0.5) is 0 Å². The molecule has 94 valence electrons. The average molecular weight is 226 g/mol. The Bertz CT molecular complexity index is 228. The van der Waals surface area contributed by atoms with Gasteiger partial charge >= 0.3 is 0 Å². The lowest BCUT2D eigenvalue weighted by atomic mass is 9.89. The monoisotopic (exact) mass is 226 g/mol. The van der Waals surface area contributed by atoms with Crippen LogP contribution in [0.3, 0.4) is 0 Å². The van der Waals surface area contributed by atoms with Crippen LogP contribution in [0, 0.1) is 17.8 Å². The largest absolute Gasteiger partial charge is 0.352 e. The minimum Gasteiger partial charge on any atom is -0.352 e. The first kappa shape index (κ1) is 13.5. The molecule has 1 rings (SSSR count). The molecule has 3 nitrogen and oxygen atoms in total. The van der Waals surface area contributed by atoms with Crippen LogP contribution in [0.15, 0.2) is 0 Å². The minimum absolute atomic E-state index is 0.111. The second kappa shape index (κ2) is 6.24. The molecule has 3 heteroatoms. The first-order valence-electron chi connectivity index (χ1n) is 6.57. The summed E-state index contributed by atoms with van der Waals surface area (Å²) in [7, 11) is 0. The smallest absolute Gasteiger partial charge is 0.223 e. The van der Waals surface area contributed by atoms with Crippen LogP contribution in [0.1, 0.15) is 40.5 Å². The molecule has 0 aromatic rings. The van der Waals surface area contributed by atoms with E-state index >= 15 is 0 Å². The molecule has 0 aromatic carbocycles. The van der Waals surface area contributed by atoms with Crippen LogP contribution in [0.25, 0.3) is 0 Å². The van der Waals surface area contributed by atoms with Gasteiger partial charge in [0.05, 0.1) is 0 Å². The van der Waals surface area contributed by atoms with E-state index < -0.39 is 0 Å². The summed E-state index contributed by atoms with van der Waals surface area (Å²) in [5, 5.41) is 6.56. The molecule has 16 heavy (non-hydrogen) atoms. The highest BCUT2D eigenvalue weighted by Crippen LogP contribution is 2.17. The zero-order chi connectivity index (χ0) is 12.1. The van der Waals surface area contributed by atoms with Crippen molar-refractivity contribution >= 4 is 5.91 Å². The van der Waals surface area contributed by atoms with Gasteiger partial charge in [-0.15, -0.1) is 0 Å². The Labute approximate surface area is 99.4 Å². The number of rotatable bonds is 4. The highest BCUT2D eigenvalue weighted by molar-refractivity contribution is 5.78. The SMILES string of the molecule is CCC1CCNCC1NC(=O)C(C)C(C)C. The number of carbonyl (C=O) groups excluding carboxylic acids is 1. The first-order chi connectivity index (χ1) is 7.56. The fraction of sp³-hybridized carbons (Fsp3) is 0.923. The van der Waals surface area contributed by atoms with Crippen LogP contribution >= 0.6 is 0 Å². The fourth-order valence-electron chi connectivity index (χ4n) is 2.19. The summed E-state index contributed by atoms with van der Waals surface area (Å²) in [5.41, 5.74) is 0. The summed E-state index contributed by atoms with van der Waals surface area (Å²) in [6, 6.07) is 0.326. The Balaban J connectivity index is 2.48. The van der Waals surface area contributed by atoms with Crippen molar-refractivity contribution in [2.75, 3.05) is 13.1 Å². The molecule has 0 spiro atoms. The summed E-state index contributed by atoms with van der Waals surface area (Å²) < 4.78 is 0. The van der Waals surface area contributed by atoms with Gasteiger partial charge in [-0.25, -0.2) is 0 Å². The van der Waals surface area contributed by atoms with Gasteiger partial charge in [0, 0.05) is 18.5 Å². The summed E-state index contributed by atoms with van der Waals surface area (Å²) in [6.07, 6.45) is 2.33. The molecule has 1 aliphatic rings. The average Bonchev–Trinajstić information content (AvgIpc) is 2.28. The highest BCUT2D eigenvalue weighted by atomic mass is 16.1. The molecule has 1 saturated heterocycles. The topological polar surface area (TPSA) is 41.1 Å². The van der Waals surface area contributed by atoms with Gasteiger partial charge in [-0.2, -0.15) is 0 Å². The Morgan fingerprint density at radius 2 is 2.12 bits per heavy atom. The van der Waals surface area contributed by atoms with Gasteiger partial charge < -0.3 is 10.6 Å². The zero-order valence-corrected chi connectivity index (χ0v) is 11.0. The maximum absolute atomic E-state index is 12.0. The van der Waals surface area contributed by atoms with Gasteiger partial charge in [-0.05, 0) is 24.8 Å². The molecule has 0 aromatic heterocycles. The summed E-state index contributed by atoms with van der Waals surface area (Å²) in [5.74, 6) is 1.38. The molecule has 1 aliphatic heterocycles. The van der Waals surface area contributed by atoms with Crippen LogP contribution < -0.4 is 10.6 Å². The summed E-state index contributed by atoms with van der Waals surface area (Å²) in [4.78, 5) is 12.0. The standard InChI is InChI=1S/C13H26N2O/c1-5-11-6-7-14-8-12(11)15-13(16)10(4)9(2)3/h9-12,14H,5-8H2,1-4H3,(H,15,16). The predicted molar refractivity (Wildman–Crippen MR) is 67.2 cm³/mol. The number of piperidine rings is 1. The van der Waals surface area contributed by atoms with E-state index in [1.165, 1.54) is 6.42 Å². The van der Waals surface area contributed by atoms with Crippen molar-refractivity contribution in [3.8, 4) is 0 Å². The van der Waals surface area contributed by atoms with Crippen LogP contribution in [-0.2, 0) is 4.79 Å². The second-order valence-corrected chi connectivity index (χ2v) is 5.31. The second-order valence-electron chi connectivity index (χ2n) is 5.31. The Morgan fingerprint density at radius 3 is 2.69 bits per heavy atom. The number of hydrogen-bond acceptors (Lipinski definition) is 2. The molecule has 0 bridgehead atoms. The number of amides is 1. The molecule has 0 aliphatic carbocycles. The van der Waals surface area contributed by atoms with Gasteiger partial charge in [0.2, 0.25) is 5.91 Å². The molecular formula is C13H26N2O. The number of hydrogen-bond donors (Lipinski definition) is 2. The van der Waals surface area contributed by atoms with Crippen LogP contribution in [0.2, 0.25) is 0 Å². The van der Waals surface area contributed by atoms with Crippen molar-refractivity contribution in [1.29, 1.82) is 0 Å². The van der Waals surface area contributed by atoms with E-state index in [-0.39, 0.29) is 11.8 Å². The van der Waals surface area contributed by atoms with E-state index in [9.17, 15) is 4.79 Å². The number of nitrogens with one attached hydrogen (secondary N) is 2. The minimum atomic E-state index is 0.111. The third kappa shape index (κ3) is 3.48. The molecule has 2 N–H and O–H groups in total. The fourth-order valence-corrected chi connectivity index (χ4v) is 2.19. The van der Waals surface area contributed by atoms with Gasteiger partial charge in [0.1, 0.15) is 0 Å². The Morgan fingerprint density at radius 1 is 1.44 bits per heavy atom. The third-order valence-corrected chi connectivity index (χ3v) is 3.89. The Kier molecular flexibility index (Phi) is 5.26. The van der Waals surface area contributed by atoms with Gasteiger partial charge in [-0.1, -0.05) is 34.1 Å². The summed E-state index contributed by atoms with van der Waals surface area (Å²) in [6.45, 7) is 10.4. The zero-order valence-electron chi connectivity index (χ0n) is 11.0. The van der Waals surface area contributed by atoms with Crippen LogP contribution in [-0.4, -0.2) is 25.0 Å². The van der Waals surface area contributed by atoms with E-state index in [4.69, 9.17) is 0 Å². The molecule has 1 amide bonds. The summed E-state index contributed by atoms with van der Waals surface area (Å²) >= 11 is 0. The highest BCUT2D eigenvalue weighted by Gasteiger charge is 2.27. The van der Waals surface area contributed by atoms with E-state index in [2.05, 4.69) is 31.4 Å². The molecular weight excluding hydrogens is 200 g/mol. The third-order valence-electron chi connectivity index (χ3n) is 3.89. The van der Waals surface area contributed by atoms with Crippen molar-refractivity contribution in [2.24, 2.45) is 17.8 Å². The van der Waals surface area contributed by atoms with E-state index in [1.54, 1.807) is 0 Å². The quantitative estimate of drug-likeness (QED) is 0.767. The first-order valence-corrected chi connectivity index (χ1v) is 6.57. The maximum Gasteiger partial charge on any atom is 0.223 e. The van der Waals surface area contributed by atoms with Gasteiger partial charge in [-0.3, -0.25) is 4.79 Å². The maximum atomic E-state index is 12.0. The van der Waals surface area contributed by atoms with Crippen LogP contribution in [0.5, 0.6) is 0 Å². The molecule has 1 heterocycles. The van der Waals surface area contributed by atoms with E-state index in [0.29, 0.717) is 17.9 Å². The predicted octanol–water partition coefficient (Wildman–Crippen LogP) is 1.78. The lowest BCUT2D eigenvalue weighted by Gasteiger charge is -2.33. The van der Waals surface area contributed by atoms with E-state index in [0.717, 1.165) is 19.5 Å². The van der Waals surface area contributed by atoms with Crippen molar-refractivity contribution in [2.45, 2.75) is 46.6 Å². The lowest BCUT2D eigenvalue weighted by molar-refractivity contribution is -0.126. The molecule has 0 saturated carbocycles. The van der Waals surface area contributed by atoms with Crippen molar-refractivity contribution in [3.05, 3.63) is 0 Å².